The molecule has 6 nitrogen and oxygen atoms in total. The van der Waals surface area contributed by atoms with Gasteiger partial charge in [0.25, 0.3) is 9.84 Å². The summed E-state index contributed by atoms with van der Waals surface area (Å²) in [5.74, 6) is 0. The summed E-state index contributed by atoms with van der Waals surface area (Å²) >= 11 is 0. The number of amides is 1. The third-order valence-electron chi connectivity index (χ3n) is 3.70. The number of anilines is 1. The Kier molecular flexibility index (Phi) is 5.26. The minimum atomic E-state index is -5.46. The third-order valence-corrected chi connectivity index (χ3v) is 5.24. The molecule has 1 atom stereocenters. The maximum absolute atomic E-state index is 12.8. The maximum atomic E-state index is 12.8. The fraction of sp³-hybridized carbons (Fsp3) is 0.500. The molecule has 1 aromatic rings. The van der Waals surface area contributed by atoms with Crippen LogP contribution in [0.4, 0.5) is 23.7 Å². The van der Waals surface area contributed by atoms with Gasteiger partial charge in [-0.1, -0.05) is 12.1 Å². The van der Waals surface area contributed by atoms with Gasteiger partial charge in [-0.15, -0.1) is 0 Å². The Morgan fingerprint density at radius 1 is 1.33 bits per heavy atom. The van der Waals surface area contributed by atoms with E-state index in [0.717, 1.165) is 6.07 Å². The molecule has 0 aliphatic carbocycles. The zero-order valence-corrected chi connectivity index (χ0v) is 13.7. The molecule has 10 heteroatoms. The molecule has 2 rings (SSSR count). The van der Waals surface area contributed by atoms with Crippen LogP contribution in [0.25, 0.3) is 0 Å². The number of carbonyl (C=O) groups is 1. The van der Waals surface area contributed by atoms with Gasteiger partial charge in [0.15, 0.2) is 0 Å². The van der Waals surface area contributed by atoms with Crippen LogP contribution in [0.3, 0.4) is 0 Å². The highest BCUT2D eigenvalue weighted by atomic mass is 32.2. The van der Waals surface area contributed by atoms with Gasteiger partial charge in [0, 0.05) is 19.1 Å². The van der Waals surface area contributed by atoms with E-state index in [1.54, 1.807) is 0 Å². The summed E-state index contributed by atoms with van der Waals surface area (Å²) in [6.07, 6.45) is 0.687. The van der Waals surface area contributed by atoms with Crippen LogP contribution in [0, 0.1) is 0 Å². The smallest absolute Gasteiger partial charge is 0.453 e. The topological polar surface area (TPSA) is 75.7 Å². The predicted molar refractivity (Wildman–Crippen MR) is 80.3 cm³/mol. The van der Waals surface area contributed by atoms with Crippen molar-refractivity contribution in [1.82, 2.24) is 4.90 Å². The first kappa shape index (κ1) is 18.4. The van der Waals surface area contributed by atoms with Crippen molar-refractivity contribution in [3.8, 4) is 0 Å². The fourth-order valence-electron chi connectivity index (χ4n) is 2.55. The molecule has 0 spiro atoms. The molecule has 0 saturated carbocycles. The van der Waals surface area contributed by atoms with E-state index in [1.165, 1.54) is 30.2 Å². The summed E-state index contributed by atoms with van der Waals surface area (Å²) < 4.78 is 66.4. The average Bonchev–Trinajstić information content (AvgIpc) is 2.53. The lowest BCUT2D eigenvalue weighted by Crippen LogP contribution is -2.45. The number of hydrogen-bond acceptors (Lipinski definition) is 5. The van der Waals surface area contributed by atoms with Crippen molar-refractivity contribution in [3.05, 3.63) is 24.3 Å². The van der Waals surface area contributed by atoms with Gasteiger partial charge in [-0.25, -0.2) is 13.2 Å². The molecule has 1 aliphatic rings. The van der Waals surface area contributed by atoms with Gasteiger partial charge < -0.3 is 15.0 Å². The van der Waals surface area contributed by atoms with E-state index in [9.17, 15) is 26.4 Å². The molecule has 0 radical (unpaired) electrons. The lowest BCUT2D eigenvalue weighted by molar-refractivity contribution is -0.0435. The second-order valence-electron chi connectivity index (χ2n) is 5.34. The van der Waals surface area contributed by atoms with Crippen molar-refractivity contribution in [3.63, 3.8) is 0 Å². The summed E-state index contributed by atoms with van der Waals surface area (Å²) in [7, 11) is -4.22. The van der Waals surface area contributed by atoms with Gasteiger partial charge in [0.05, 0.1) is 17.7 Å². The van der Waals surface area contributed by atoms with E-state index in [-0.39, 0.29) is 18.3 Å². The Bertz CT molecular complexity index is 706. The number of carbonyl (C=O) groups excluding carboxylic acids is 1. The fourth-order valence-corrected chi connectivity index (χ4v) is 3.48. The molecule has 0 aromatic heterocycles. The Hall–Kier alpha value is -1.97. The number of piperidine rings is 1. The quantitative estimate of drug-likeness (QED) is 0.890. The predicted octanol–water partition coefficient (Wildman–Crippen LogP) is 2.62. The summed E-state index contributed by atoms with van der Waals surface area (Å²) in [5, 5.41) is 2.81. The van der Waals surface area contributed by atoms with Crippen LogP contribution >= 0.6 is 0 Å². The van der Waals surface area contributed by atoms with Crippen molar-refractivity contribution < 1.29 is 31.1 Å². The van der Waals surface area contributed by atoms with Crippen LogP contribution in [-0.4, -0.2) is 51.2 Å². The average molecular weight is 366 g/mol. The number of hydrogen-bond donors (Lipinski definition) is 1. The Morgan fingerprint density at radius 2 is 2.00 bits per heavy atom. The number of benzene rings is 1. The number of ether oxygens (including phenoxy) is 1. The minimum absolute atomic E-state index is 0.133. The van der Waals surface area contributed by atoms with Crippen molar-refractivity contribution >= 4 is 21.6 Å². The van der Waals surface area contributed by atoms with Gasteiger partial charge >= 0.3 is 11.6 Å². The molecular weight excluding hydrogens is 349 g/mol. The number of halogens is 3. The molecule has 0 bridgehead atoms. The highest BCUT2D eigenvalue weighted by Crippen LogP contribution is 2.34. The molecule has 1 fully saturated rings. The summed E-state index contributed by atoms with van der Waals surface area (Å²) in [5.41, 5.74) is -5.51. The van der Waals surface area contributed by atoms with Gasteiger partial charge in [0.1, 0.15) is 0 Å². The number of para-hydroxylation sites is 1. The summed E-state index contributed by atoms with van der Waals surface area (Å²) in [4.78, 5) is 12.1. The van der Waals surface area contributed by atoms with Gasteiger partial charge in [-0.05, 0) is 25.0 Å². The van der Waals surface area contributed by atoms with Crippen LogP contribution in [-0.2, 0) is 14.6 Å². The number of nitrogens with zero attached hydrogens (tertiary/aromatic N) is 1. The van der Waals surface area contributed by atoms with E-state index in [2.05, 4.69) is 10.1 Å². The van der Waals surface area contributed by atoms with Crippen LogP contribution in [0.1, 0.15) is 12.8 Å². The Labute approximate surface area is 137 Å². The standard InChI is InChI=1S/C14H17F3N2O4S/c1-23-13(20)19-8-4-5-10(9-19)18-11-6-2-3-7-12(11)24(21,22)14(15,16)17/h2-3,6-7,10,18H,4-5,8-9H2,1H3. The maximum Gasteiger partial charge on any atom is 0.501 e. The Morgan fingerprint density at radius 3 is 2.62 bits per heavy atom. The van der Waals surface area contributed by atoms with Crippen LogP contribution in [0.2, 0.25) is 0 Å². The van der Waals surface area contributed by atoms with Crippen molar-refractivity contribution in [2.24, 2.45) is 0 Å². The number of nitrogens with one attached hydrogen (secondary N) is 1. The number of rotatable bonds is 3. The molecule has 1 unspecified atom stereocenters. The first-order valence-corrected chi connectivity index (χ1v) is 8.65. The van der Waals surface area contributed by atoms with Crippen LogP contribution < -0.4 is 5.32 Å². The Balaban J connectivity index is 2.24. The SMILES string of the molecule is COC(=O)N1CCCC(Nc2ccccc2S(=O)(=O)C(F)(F)F)C1. The monoisotopic (exact) mass is 366 g/mol. The van der Waals surface area contributed by atoms with Crippen LogP contribution in [0.15, 0.2) is 29.2 Å². The van der Waals surface area contributed by atoms with Crippen molar-refractivity contribution in [2.45, 2.75) is 29.3 Å². The summed E-state index contributed by atoms with van der Waals surface area (Å²) in [6.45, 7) is 0.695. The molecule has 1 aromatic carbocycles. The molecule has 1 heterocycles. The van der Waals surface area contributed by atoms with E-state index in [4.69, 9.17) is 0 Å². The second kappa shape index (κ2) is 6.88. The zero-order valence-electron chi connectivity index (χ0n) is 12.8. The lowest BCUT2D eigenvalue weighted by atomic mass is 10.1. The van der Waals surface area contributed by atoms with Crippen molar-refractivity contribution in [2.75, 3.05) is 25.5 Å². The van der Waals surface area contributed by atoms with Crippen molar-refractivity contribution in [1.29, 1.82) is 0 Å². The molecular formula is C14H17F3N2O4S. The first-order valence-electron chi connectivity index (χ1n) is 7.16. The molecule has 134 valence electrons. The molecule has 1 amide bonds. The van der Waals surface area contributed by atoms with E-state index in [1.807, 2.05) is 0 Å². The lowest BCUT2D eigenvalue weighted by Gasteiger charge is -2.33. The van der Waals surface area contributed by atoms with Crippen LogP contribution in [0.5, 0.6) is 0 Å². The van der Waals surface area contributed by atoms with Gasteiger partial charge in [-0.3, -0.25) is 0 Å². The van der Waals surface area contributed by atoms with E-state index < -0.39 is 26.3 Å². The molecule has 24 heavy (non-hydrogen) atoms. The van der Waals surface area contributed by atoms with Gasteiger partial charge in [-0.2, -0.15) is 13.2 Å². The number of methoxy groups -OCH3 is 1. The summed E-state index contributed by atoms with van der Waals surface area (Å²) in [6, 6.07) is 4.48. The highest BCUT2D eigenvalue weighted by molar-refractivity contribution is 7.92. The number of likely N-dealkylation sites (tertiary alicyclic amines) is 1. The first-order chi connectivity index (χ1) is 11.2. The number of alkyl halides is 3. The molecule has 1 aliphatic heterocycles. The minimum Gasteiger partial charge on any atom is -0.453 e. The van der Waals surface area contributed by atoms with E-state index in [0.29, 0.717) is 19.4 Å². The van der Waals surface area contributed by atoms with Gasteiger partial charge in [0.2, 0.25) is 0 Å². The zero-order chi connectivity index (χ0) is 18.0. The normalized spacial score (nSPS) is 19.0. The largest absolute Gasteiger partial charge is 0.501 e. The third kappa shape index (κ3) is 3.74. The molecule has 1 saturated heterocycles. The van der Waals surface area contributed by atoms with E-state index >= 15 is 0 Å². The molecule has 1 N–H and O–H groups in total. The highest BCUT2D eigenvalue weighted by Gasteiger charge is 2.48. The number of sulfone groups is 1. The second-order valence-corrected chi connectivity index (χ2v) is 7.25.